The molecule has 2 atom stereocenters. The van der Waals surface area contributed by atoms with Crippen molar-refractivity contribution in [2.75, 3.05) is 12.9 Å². The van der Waals surface area contributed by atoms with Gasteiger partial charge >= 0.3 is 0 Å². The molecule has 0 unspecified atom stereocenters. The summed E-state index contributed by atoms with van der Waals surface area (Å²) in [5, 5.41) is 3.04. The summed E-state index contributed by atoms with van der Waals surface area (Å²) in [6, 6.07) is 15.3. The molecule has 1 N–H and O–H groups in total. The van der Waals surface area contributed by atoms with Crippen LogP contribution in [0.2, 0.25) is 0 Å². The van der Waals surface area contributed by atoms with Crippen molar-refractivity contribution in [3.8, 4) is 5.75 Å². The Morgan fingerprint density at radius 1 is 1.03 bits per heavy atom. The average molecular weight is 522 g/mol. The molecular formula is C25H33BrN2O3S. The van der Waals surface area contributed by atoms with Gasteiger partial charge in [0.2, 0.25) is 11.8 Å². The average Bonchev–Trinajstić information content (AvgIpc) is 2.80. The van der Waals surface area contributed by atoms with Crippen LogP contribution in [0.25, 0.3) is 0 Å². The molecule has 0 aliphatic carbocycles. The first-order chi connectivity index (χ1) is 15.4. The normalized spacial score (nSPS) is 12.7. The predicted octanol–water partition coefficient (Wildman–Crippen LogP) is 5.41. The molecule has 0 saturated carbocycles. The van der Waals surface area contributed by atoms with Gasteiger partial charge in [0, 0.05) is 22.8 Å². The summed E-state index contributed by atoms with van der Waals surface area (Å²) in [7, 11) is 1.62. The van der Waals surface area contributed by atoms with Gasteiger partial charge < -0.3 is 15.0 Å². The van der Waals surface area contributed by atoms with Gasteiger partial charge in [-0.1, -0.05) is 54.0 Å². The topological polar surface area (TPSA) is 58.6 Å². The number of nitrogens with zero attached hydrogens (tertiary/aromatic N) is 1. The number of carbonyl (C=O) groups excluding carboxylic acids is 2. The molecule has 0 saturated heterocycles. The number of rotatable bonds is 12. The zero-order valence-electron chi connectivity index (χ0n) is 19.3. The predicted molar refractivity (Wildman–Crippen MR) is 136 cm³/mol. The smallest absolute Gasteiger partial charge is 0.243 e. The molecule has 2 aromatic carbocycles. The van der Waals surface area contributed by atoms with Crippen molar-refractivity contribution in [2.24, 2.45) is 0 Å². The summed E-state index contributed by atoms with van der Waals surface area (Å²) < 4.78 is 6.27. The molecule has 0 aliphatic heterocycles. The lowest BCUT2D eigenvalue weighted by Crippen LogP contribution is -2.51. The van der Waals surface area contributed by atoms with Crippen LogP contribution >= 0.6 is 27.7 Å². The summed E-state index contributed by atoms with van der Waals surface area (Å²) in [5.74, 6) is 1.69. The van der Waals surface area contributed by atoms with Crippen LogP contribution in [0, 0.1) is 0 Å². The third-order valence-electron chi connectivity index (χ3n) is 5.31. The van der Waals surface area contributed by atoms with Crippen LogP contribution < -0.4 is 10.1 Å². The Balaban J connectivity index is 2.13. The molecule has 174 valence electrons. The zero-order chi connectivity index (χ0) is 23.5. The summed E-state index contributed by atoms with van der Waals surface area (Å²) >= 11 is 5.01. The van der Waals surface area contributed by atoms with Gasteiger partial charge in [0.05, 0.1) is 12.9 Å². The fourth-order valence-corrected chi connectivity index (χ4v) is 4.34. The van der Waals surface area contributed by atoms with Gasteiger partial charge in [-0.15, -0.1) is 11.8 Å². The van der Waals surface area contributed by atoms with Crippen molar-refractivity contribution in [1.29, 1.82) is 0 Å². The van der Waals surface area contributed by atoms with Crippen LogP contribution in [0.3, 0.4) is 0 Å². The molecule has 5 nitrogen and oxygen atoms in total. The third kappa shape index (κ3) is 8.17. The maximum Gasteiger partial charge on any atom is 0.243 e. The SMILES string of the molecule is CC[C@H](C)NC(=O)[C@H](CC)N(Cc1ccc(OC)cc1)C(=O)CSCc1ccc(Br)cc1. The fourth-order valence-electron chi connectivity index (χ4n) is 3.21. The molecule has 0 radical (unpaired) electrons. The lowest BCUT2D eigenvalue weighted by molar-refractivity contribution is -0.139. The minimum Gasteiger partial charge on any atom is -0.497 e. The summed E-state index contributed by atoms with van der Waals surface area (Å²) in [6.07, 6.45) is 1.40. The highest BCUT2D eigenvalue weighted by molar-refractivity contribution is 9.10. The number of methoxy groups -OCH3 is 1. The van der Waals surface area contributed by atoms with Crippen LogP contribution in [0.15, 0.2) is 53.0 Å². The Morgan fingerprint density at radius 3 is 2.22 bits per heavy atom. The molecule has 0 aliphatic rings. The quantitative estimate of drug-likeness (QED) is 0.406. The monoisotopic (exact) mass is 520 g/mol. The van der Waals surface area contributed by atoms with E-state index in [-0.39, 0.29) is 17.9 Å². The van der Waals surface area contributed by atoms with E-state index in [0.29, 0.717) is 18.7 Å². The van der Waals surface area contributed by atoms with Crippen LogP contribution in [0.1, 0.15) is 44.7 Å². The van der Waals surface area contributed by atoms with Crippen molar-refractivity contribution in [1.82, 2.24) is 10.2 Å². The third-order valence-corrected chi connectivity index (χ3v) is 6.82. The highest BCUT2D eigenvalue weighted by atomic mass is 79.9. The van der Waals surface area contributed by atoms with Gasteiger partial charge in [-0.3, -0.25) is 9.59 Å². The molecule has 2 aromatic rings. The molecule has 0 spiro atoms. The summed E-state index contributed by atoms with van der Waals surface area (Å²) in [4.78, 5) is 28.0. The second kappa shape index (κ2) is 13.5. The van der Waals surface area contributed by atoms with Crippen molar-refractivity contribution in [3.05, 3.63) is 64.1 Å². The number of amides is 2. The number of benzene rings is 2. The number of thioether (sulfide) groups is 1. The number of ether oxygens (including phenoxy) is 1. The maximum atomic E-state index is 13.3. The molecule has 0 aromatic heterocycles. The lowest BCUT2D eigenvalue weighted by Gasteiger charge is -2.31. The lowest BCUT2D eigenvalue weighted by atomic mass is 10.1. The summed E-state index contributed by atoms with van der Waals surface area (Å²) in [6.45, 7) is 6.34. The van der Waals surface area contributed by atoms with Gasteiger partial charge in [0.1, 0.15) is 11.8 Å². The zero-order valence-corrected chi connectivity index (χ0v) is 21.7. The molecule has 2 amide bonds. The van der Waals surface area contributed by atoms with Crippen molar-refractivity contribution in [2.45, 2.75) is 58.0 Å². The Bertz CT molecular complexity index is 858. The molecule has 32 heavy (non-hydrogen) atoms. The van der Waals surface area contributed by atoms with Gasteiger partial charge in [0.15, 0.2) is 0 Å². The van der Waals surface area contributed by atoms with Crippen molar-refractivity contribution in [3.63, 3.8) is 0 Å². The number of hydrogen-bond acceptors (Lipinski definition) is 4. The van der Waals surface area contributed by atoms with Crippen molar-refractivity contribution >= 4 is 39.5 Å². The van der Waals surface area contributed by atoms with Crippen molar-refractivity contribution < 1.29 is 14.3 Å². The first-order valence-corrected chi connectivity index (χ1v) is 12.9. The maximum absolute atomic E-state index is 13.3. The van der Waals surface area contributed by atoms with E-state index in [1.54, 1.807) is 23.8 Å². The number of carbonyl (C=O) groups is 2. The van der Waals surface area contributed by atoms with Gasteiger partial charge in [-0.2, -0.15) is 0 Å². The minimum absolute atomic E-state index is 0.0333. The van der Waals surface area contributed by atoms with Gasteiger partial charge in [-0.05, 0) is 55.2 Å². The highest BCUT2D eigenvalue weighted by Crippen LogP contribution is 2.20. The van der Waals surface area contributed by atoms with Crippen LogP contribution in [-0.2, 0) is 21.9 Å². The standard InChI is InChI=1S/C25H33BrN2O3S/c1-5-18(3)27-25(30)23(6-2)28(15-19-9-13-22(31-4)14-10-19)24(29)17-32-16-20-7-11-21(26)12-8-20/h7-14,18,23H,5-6,15-17H2,1-4H3,(H,27,30)/t18-,23-/m0/s1. The molecule has 7 heteroatoms. The minimum atomic E-state index is -0.508. The van der Waals surface area contributed by atoms with E-state index in [4.69, 9.17) is 4.74 Å². The Kier molecular flexibility index (Phi) is 11.1. The van der Waals surface area contributed by atoms with E-state index in [1.165, 1.54) is 0 Å². The van der Waals surface area contributed by atoms with E-state index in [0.717, 1.165) is 33.5 Å². The van der Waals surface area contributed by atoms with Crippen LogP contribution in [-0.4, -0.2) is 41.7 Å². The number of halogens is 1. The number of nitrogens with one attached hydrogen (secondary N) is 1. The Labute approximate surface area is 204 Å². The Hall–Kier alpha value is -1.99. The fraction of sp³-hybridized carbons (Fsp3) is 0.440. The highest BCUT2D eigenvalue weighted by Gasteiger charge is 2.29. The largest absolute Gasteiger partial charge is 0.497 e. The van der Waals surface area contributed by atoms with E-state index >= 15 is 0 Å². The molecule has 0 heterocycles. The van der Waals surface area contributed by atoms with Crippen LogP contribution in [0.4, 0.5) is 0 Å². The van der Waals surface area contributed by atoms with E-state index in [1.807, 2.05) is 69.3 Å². The molecule has 0 bridgehead atoms. The van der Waals surface area contributed by atoms with E-state index in [2.05, 4.69) is 21.2 Å². The van der Waals surface area contributed by atoms with E-state index < -0.39 is 6.04 Å². The summed E-state index contributed by atoms with van der Waals surface area (Å²) in [5.41, 5.74) is 2.13. The molecular weight excluding hydrogens is 488 g/mol. The van der Waals surface area contributed by atoms with Crippen LogP contribution in [0.5, 0.6) is 5.75 Å². The molecule has 2 rings (SSSR count). The number of hydrogen-bond donors (Lipinski definition) is 1. The van der Waals surface area contributed by atoms with E-state index in [9.17, 15) is 9.59 Å². The second-order valence-corrected chi connectivity index (χ2v) is 9.63. The molecule has 0 fully saturated rings. The first kappa shape index (κ1) is 26.3. The van der Waals surface area contributed by atoms with Gasteiger partial charge in [0.25, 0.3) is 0 Å². The Morgan fingerprint density at radius 2 is 1.66 bits per heavy atom. The second-order valence-electron chi connectivity index (χ2n) is 7.73. The first-order valence-electron chi connectivity index (χ1n) is 10.9. The van der Waals surface area contributed by atoms with Gasteiger partial charge in [-0.25, -0.2) is 0 Å².